The fourth-order valence-corrected chi connectivity index (χ4v) is 3.49. The molecule has 1 unspecified atom stereocenters. The summed E-state index contributed by atoms with van der Waals surface area (Å²) in [6, 6.07) is 10.0. The van der Waals surface area contributed by atoms with Gasteiger partial charge in [-0.2, -0.15) is 8.78 Å². The van der Waals surface area contributed by atoms with E-state index in [1.54, 1.807) is 12.1 Å². The number of ether oxygens (including phenoxy) is 1. The van der Waals surface area contributed by atoms with Crippen molar-refractivity contribution in [3.05, 3.63) is 77.6 Å². The van der Waals surface area contributed by atoms with Crippen LogP contribution in [0.3, 0.4) is 0 Å². The van der Waals surface area contributed by atoms with Gasteiger partial charge in [-0.3, -0.25) is 9.69 Å². The summed E-state index contributed by atoms with van der Waals surface area (Å²) in [5.74, 6) is -0.852. The van der Waals surface area contributed by atoms with Gasteiger partial charge in [-0.15, -0.1) is 6.58 Å². The van der Waals surface area contributed by atoms with Gasteiger partial charge in [0, 0.05) is 7.05 Å². The number of amides is 1. The van der Waals surface area contributed by atoms with Gasteiger partial charge in [-0.25, -0.2) is 9.38 Å². The summed E-state index contributed by atoms with van der Waals surface area (Å²) in [5.41, 5.74) is 5.68. The number of rotatable bonds is 8. The molecule has 8 heteroatoms. The topological polar surface area (TPSA) is 67.9 Å². The second kappa shape index (κ2) is 8.61. The highest BCUT2D eigenvalue weighted by atomic mass is 19.3. The van der Waals surface area contributed by atoms with Crippen LogP contribution in [0.5, 0.6) is 5.75 Å². The van der Waals surface area contributed by atoms with Crippen molar-refractivity contribution in [2.24, 2.45) is 10.7 Å². The Morgan fingerprint density at radius 3 is 2.47 bits per heavy atom. The van der Waals surface area contributed by atoms with Crippen molar-refractivity contribution < 1.29 is 22.7 Å². The molecule has 0 saturated heterocycles. The van der Waals surface area contributed by atoms with E-state index in [1.807, 2.05) is 0 Å². The molecule has 2 aromatic carbocycles. The van der Waals surface area contributed by atoms with Crippen molar-refractivity contribution in [2.75, 3.05) is 7.05 Å². The number of carbonyl (C=O) groups is 1. The Bertz CT molecular complexity index is 976. The second-order valence-corrected chi connectivity index (χ2v) is 6.93. The molecule has 1 atom stereocenters. The lowest BCUT2D eigenvalue weighted by atomic mass is 9.81. The van der Waals surface area contributed by atoms with Crippen LogP contribution in [-0.2, 0) is 16.8 Å². The normalized spacial score (nSPS) is 18.6. The van der Waals surface area contributed by atoms with Crippen LogP contribution in [0.1, 0.15) is 29.5 Å². The lowest BCUT2D eigenvalue weighted by molar-refractivity contribution is -0.129. The second-order valence-electron chi connectivity index (χ2n) is 6.93. The van der Waals surface area contributed by atoms with Gasteiger partial charge in [-0.05, 0) is 60.2 Å². The first-order valence-corrected chi connectivity index (χ1v) is 9.38. The molecule has 0 aliphatic carbocycles. The highest BCUT2D eigenvalue weighted by Gasteiger charge is 2.49. The molecule has 0 radical (unpaired) electrons. The SMILES string of the molecule is C=CCCCc1cc(C2(c3ccc(OC(F)F)cc3)N=C(N)N(C)C2=O)ccc1F. The molecule has 2 N–H and O–H groups in total. The van der Waals surface area contributed by atoms with Crippen molar-refractivity contribution >= 4 is 11.9 Å². The minimum Gasteiger partial charge on any atom is -0.435 e. The Morgan fingerprint density at radius 2 is 1.90 bits per heavy atom. The largest absolute Gasteiger partial charge is 0.435 e. The standard InChI is InChI=1S/C22H22F3N3O2/c1-3-4-5-6-14-13-16(9-12-18(14)23)22(19(29)28(2)21(26)27-22)15-7-10-17(11-8-15)30-20(24)25/h3,7-13,20H,1,4-6H2,2H3,(H2,26,27). The zero-order chi connectivity index (χ0) is 21.9. The van der Waals surface area contributed by atoms with Crippen LogP contribution >= 0.6 is 0 Å². The molecule has 0 fully saturated rings. The van der Waals surface area contributed by atoms with Crippen LogP contribution in [0.2, 0.25) is 0 Å². The zero-order valence-corrected chi connectivity index (χ0v) is 16.4. The Kier molecular flexibility index (Phi) is 6.14. The van der Waals surface area contributed by atoms with Crippen LogP contribution in [0.25, 0.3) is 0 Å². The monoisotopic (exact) mass is 417 g/mol. The van der Waals surface area contributed by atoms with Crippen molar-refractivity contribution in [3.8, 4) is 5.75 Å². The van der Waals surface area contributed by atoms with E-state index in [-0.39, 0.29) is 17.5 Å². The number of aliphatic imine (C=N–C) groups is 1. The van der Waals surface area contributed by atoms with Gasteiger partial charge in [0.15, 0.2) is 11.5 Å². The summed E-state index contributed by atoms with van der Waals surface area (Å²) in [6.07, 6.45) is 3.65. The van der Waals surface area contributed by atoms with Gasteiger partial charge in [-0.1, -0.05) is 24.3 Å². The Morgan fingerprint density at radius 1 is 1.23 bits per heavy atom. The fraction of sp³-hybridized carbons (Fsp3) is 0.273. The predicted octanol–water partition coefficient (Wildman–Crippen LogP) is 3.97. The molecule has 2 aromatic rings. The van der Waals surface area contributed by atoms with Crippen LogP contribution < -0.4 is 10.5 Å². The molecule has 0 saturated carbocycles. The molecular weight excluding hydrogens is 395 g/mol. The number of allylic oxidation sites excluding steroid dienone is 1. The van der Waals surface area contributed by atoms with E-state index in [1.165, 1.54) is 48.3 Å². The quantitative estimate of drug-likeness (QED) is 0.522. The Balaban J connectivity index is 2.10. The number of alkyl halides is 2. The number of halogens is 3. The maximum Gasteiger partial charge on any atom is 0.387 e. The third-order valence-corrected chi connectivity index (χ3v) is 5.06. The Labute approximate surface area is 172 Å². The number of unbranched alkanes of at least 4 members (excludes halogenated alkanes) is 1. The van der Waals surface area contributed by atoms with Crippen molar-refractivity contribution in [3.63, 3.8) is 0 Å². The number of hydrogen-bond acceptors (Lipinski definition) is 4. The average molecular weight is 417 g/mol. The summed E-state index contributed by atoms with van der Waals surface area (Å²) in [4.78, 5) is 18.9. The van der Waals surface area contributed by atoms with E-state index in [0.717, 1.165) is 6.42 Å². The predicted molar refractivity (Wildman–Crippen MR) is 108 cm³/mol. The van der Waals surface area contributed by atoms with Crippen molar-refractivity contribution in [2.45, 2.75) is 31.4 Å². The highest BCUT2D eigenvalue weighted by molar-refractivity contribution is 6.08. The first-order chi connectivity index (χ1) is 14.3. The molecule has 0 bridgehead atoms. The number of likely N-dealkylation sites (N-methyl/N-ethyl adjacent to an activating group) is 1. The van der Waals surface area contributed by atoms with Gasteiger partial charge in [0.25, 0.3) is 5.91 Å². The van der Waals surface area contributed by atoms with E-state index >= 15 is 0 Å². The maximum atomic E-state index is 14.4. The molecule has 3 rings (SSSR count). The molecule has 0 spiro atoms. The fourth-order valence-electron chi connectivity index (χ4n) is 3.49. The summed E-state index contributed by atoms with van der Waals surface area (Å²) in [7, 11) is 1.49. The number of hydrogen-bond donors (Lipinski definition) is 1. The van der Waals surface area contributed by atoms with E-state index in [0.29, 0.717) is 29.5 Å². The van der Waals surface area contributed by atoms with E-state index in [2.05, 4.69) is 16.3 Å². The first-order valence-electron chi connectivity index (χ1n) is 9.38. The molecule has 1 aliphatic heterocycles. The lowest BCUT2D eigenvalue weighted by Crippen LogP contribution is -2.41. The molecular formula is C22H22F3N3O2. The zero-order valence-electron chi connectivity index (χ0n) is 16.4. The van der Waals surface area contributed by atoms with Crippen molar-refractivity contribution in [1.82, 2.24) is 4.90 Å². The number of nitrogens with two attached hydrogens (primary N) is 1. The highest BCUT2D eigenvalue weighted by Crippen LogP contribution is 2.40. The van der Waals surface area contributed by atoms with E-state index < -0.39 is 18.1 Å². The maximum absolute atomic E-state index is 14.4. The molecule has 158 valence electrons. The first kappa shape index (κ1) is 21.4. The van der Waals surface area contributed by atoms with Gasteiger partial charge in [0.05, 0.1) is 0 Å². The third kappa shape index (κ3) is 3.90. The van der Waals surface area contributed by atoms with Crippen LogP contribution in [0, 0.1) is 5.82 Å². The number of carbonyl (C=O) groups excluding carboxylic acids is 1. The number of benzene rings is 2. The summed E-state index contributed by atoms with van der Waals surface area (Å²) < 4.78 is 43.7. The number of aryl methyl sites for hydroxylation is 1. The molecule has 1 amide bonds. The van der Waals surface area contributed by atoms with Crippen molar-refractivity contribution in [1.29, 1.82) is 0 Å². The minimum absolute atomic E-state index is 0.00504. The minimum atomic E-state index is -2.96. The van der Waals surface area contributed by atoms with Gasteiger partial charge in [0.2, 0.25) is 0 Å². The van der Waals surface area contributed by atoms with Gasteiger partial charge < -0.3 is 10.5 Å². The summed E-state index contributed by atoms with van der Waals surface area (Å²) in [5, 5.41) is 0. The van der Waals surface area contributed by atoms with Crippen LogP contribution in [0.15, 0.2) is 60.1 Å². The van der Waals surface area contributed by atoms with Crippen LogP contribution in [-0.4, -0.2) is 30.4 Å². The Hall–Kier alpha value is -3.29. The van der Waals surface area contributed by atoms with Gasteiger partial charge in [0.1, 0.15) is 11.6 Å². The molecule has 5 nitrogen and oxygen atoms in total. The van der Waals surface area contributed by atoms with E-state index in [9.17, 15) is 18.0 Å². The summed E-state index contributed by atoms with van der Waals surface area (Å²) in [6.45, 7) is 0.699. The molecule has 1 aliphatic rings. The smallest absolute Gasteiger partial charge is 0.387 e. The third-order valence-electron chi connectivity index (χ3n) is 5.06. The van der Waals surface area contributed by atoms with Crippen LogP contribution in [0.4, 0.5) is 13.2 Å². The molecule has 1 heterocycles. The van der Waals surface area contributed by atoms with Gasteiger partial charge >= 0.3 is 6.61 Å². The molecule has 30 heavy (non-hydrogen) atoms. The lowest BCUT2D eigenvalue weighted by Gasteiger charge is -2.27. The number of guanidine groups is 1. The average Bonchev–Trinajstić information content (AvgIpc) is 2.94. The number of nitrogens with zero attached hydrogens (tertiary/aromatic N) is 2. The molecule has 0 aromatic heterocycles. The summed E-state index contributed by atoms with van der Waals surface area (Å²) >= 11 is 0. The van der Waals surface area contributed by atoms with E-state index in [4.69, 9.17) is 5.73 Å².